The number of pyridine rings is 1. The first kappa shape index (κ1) is 31.1. The van der Waals surface area contributed by atoms with Crippen LogP contribution in [0.1, 0.15) is 35.6 Å². The minimum absolute atomic E-state index is 0.0424. The lowest BCUT2D eigenvalue weighted by atomic mass is 9.71. The lowest BCUT2D eigenvalue weighted by molar-refractivity contribution is -0.985. The smallest absolute Gasteiger partial charge is 0.213 e. The predicted molar refractivity (Wildman–Crippen MR) is 180 cm³/mol. The molecule has 6 nitrogen and oxygen atoms in total. The van der Waals surface area contributed by atoms with E-state index < -0.39 is 6.10 Å². The van der Waals surface area contributed by atoms with Gasteiger partial charge < -0.3 is 23.8 Å². The first-order valence-corrected chi connectivity index (χ1v) is 16.7. The Morgan fingerprint density at radius 2 is 1.57 bits per heavy atom. The van der Waals surface area contributed by atoms with E-state index in [2.05, 4.69) is 91.7 Å². The third-order valence-electron chi connectivity index (χ3n) is 9.95. The Balaban J connectivity index is 1.42. The molecule has 1 aromatic heterocycles. The van der Waals surface area contributed by atoms with Gasteiger partial charge in [0.25, 0.3) is 0 Å². The standard InChI is InChI=1S/C36H40Br2N2O4/c1-5-23-21-40(22-26-17-28(43-3)7-10-33(26)38)15-13-24(23)18-35(40)36(41)30-12-14-39(34-11-8-29(44-4)19-31(30)34)20-25-16-27(42-2)6-9-32(25)37/h5-12,14,16-17,19,23-24,35-36,41H,1,13,15,18,20-22H2,2-4H3/q+2/t23-,24-,35+,36?,40-/m0/s1. The zero-order valence-corrected chi connectivity index (χ0v) is 28.7. The van der Waals surface area contributed by atoms with Crippen molar-refractivity contribution in [2.45, 2.75) is 38.1 Å². The van der Waals surface area contributed by atoms with Crippen molar-refractivity contribution < 1.29 is 28.4 Å². The van der Waals surface area contributed by atoms with Crippen LogP contribution in [0.5, 0.6) is 17.2 Å². The van der Waals surface area contributed by atoms with Gasteiger partial charge in [-0.25, -0.2) is 0 Å². The van der Waals surface area contributed by atoms with Crippen molar-refractivity contribution in [3.63, 3.8) is 0 Å². The number of aromatic nitrogens is 1. The highest BCUT2D eigenvalue weighted by Crippen LogP contribution is 2.48. The maximum absolute atomic E-state index is 12.4. The highest BCUT2D eigenvalue weighted by molar-refractivity contribution is 9.10. The number of rotatable bonds is 10. The van der Waals surface area contributed by atoms with Gasteiger partial charge in [0, 0.05) is 56.5 Å². The number of fused-ring (bicyclic) bond motifs is 4. The summed E-state index contributed by atoms with van der Waals surface area (Å²) in [7, 11) is 5.08. The third-order valence-corrected chi connectivity index (χ3v) is 11.5. The highest BCUT2D eigenvalue weighted by atomic mass is 79.9. The monoisotopic (exact) mass is 722 g/mol. The number of hydrogen-bond donors (Lipinski definition) is 1. The molecule has 0 amide bonds. The van der Waals surface area contributed by atoms with Gasteiger partial charge in [-0.3, -0.25) is 0 Å². The molecule has 4 heterocycles. The molecule has 0 saturated carbocycles. The minimum atomic E-state index is -0.652. The molecule has 0 radical (unpaired) electrons. The van der Waals surface area contributed by atoms with Gasteiger partial charge in [-0.15, -0.1) is 6.58 Å². The highest BCUT2D eigenvalue weighted by Gasteiger charge is 2.54. The second kappa shape index (κ2) is 12.8. The number of piperidine rings is 3. The molecular formula is C36H40Br2N2O4+2. The van der Waals surface area contributed by atoms with E-state index in [1.165, 1.54) is 5.56 Å². The lowest BCUT2D eigenvalue weighted by Gasteiger charge is -2.58. The van der Waals surface area contributed by atoms with E-state index in [1.54, 1.807) is 21.3 Å². The van der Waals surface area contributed by atoms with Crippen LogP contribution in [0.25, 0.3) is 10.9 Å². The Labute approximate surface area is 276 Å². The summed E-state index contributed by atoms with van der Waals surface area (Å²) in [6.45, 7) is 7.66. The van der Waals surface area contributed by atoms with Gasteiger partial charge >= 0.3 is 0 Å². The average molecular weight is 725 g/mol. The van der Waals surface area contributed by atoms with Crippen LogP contribution < -0.4 is 18.8 Å². The zero-order valence-electron chi connectivity index (χ0n) is 25.5. The molecule has 5 atom stereocenters. The van der Waals surface area contributed by atoms with Gasteiger partial charge in [0.05, 0.1) is 39.8 Å². The van der Waals surface area contributed by atoms with E-state index in [-0.39, 0.29) is 6.04 Å². The van der Waals surface area contributed by atoms with E-state index in [4.69, 9.17) is 14.2 Å². The van der Waals surface area contributed by atoms with E-state index in [0.717, 1.165) is 85.2 Å². The summed E-state index contributed by atoms with van der Waals surface area (Å²) in [5, 5.41) is 13.4. The summed E-state index contributed by atoms with van der Waals surface area (Å²) in [6, 6.07) is 20.5. The molecule has 7 rings (SSSR count). The Morgan fingerprint density at radius 3 is 2.25 bits per heavy atom. The van der Waals surface area contributed by atoms with Crippen LogP contribution in [0, 0.1) is 11.8 Å². The fraction of sp³-hybridized carbons (Fsp3) is 0.361. The largest absolute Gasteiger partial charge is 0.497 e. The van der Waals surface area contributed by atoms with Crippen LogP contribution in [-0.4, -0.2) is 50.1 Å². The topological polar surface area (TPSA) is 51.8 Å². The Hall–Kier alpha value is -2.91. The lowest BCUT2D eigenvalue weighted by Crippen LogP contribution is -2.67. The Bertz CT molecular complexity index is 1690. The quantitative estimate of drug-likeness (QED) is 0.106. The first-order chi connectivity index (χ1) is 21.3. The molecule has 8 heteroatoms. The normalized spacial score (nSPS) is 23.4. The van der Waals surface area contributed by atoms with Gasteiger partial charge in [-0.2, -0.15) is 4.57 Å². The molecule has 3 aromatic carbocycles. The molecule has 0 spiro atoms. The Morgan fingerprint density at radius 1 is 0.932 bits per heavy atom. The fourth-order valence-corrected chi connectivity index (χ4v) is 8.31. The minimum Gasteiger partial charge on any atom is -0.497 e. The van der Waals surface area contributed by atoms with Crippen molar-refractivity contribution in [1.29, 1.82) is 0 Å². The second-order valence-corrected chi connectivity index (χ2v) is 13.9. The van der Waals surface area contributed by atoms with Crippen LogP contribution >= 0.6 is 31.9 Å². The third kappa shape index (κ3) is 5.78. The maximum atomic E-state index is 12.4. The predicted octanol–water partition coefficient (Wildman–Crippen LogP) is 7.37. The van der Waals surface area contributed by atoms with E-state index in [0.29, 0.717) is 18.4 Å². The number of hydrogen-bond acceptors (Lipinski definition) is 4. The number of aliphatic hydroxyl groups is 1. The van der Waals surface area contributed by atoms with Crippen molar-refractivity contribution in [3.8, 4) is 17.2 Å². The number of ether oxygens (including phenoxy) is 3. The molecule has 3 aliphatic heterocycles. The van der Waals surface area contributed by atoms with Crippen molar-refractivity contribution >= 4 is 42.8 Å². The van der Waals surface area contributed by atoms with Gasteiger partial charge in [0.1, 0.15) is 35.9 Å². The van der Waals surface area contributed by atoms with Crippen LogP contribution in [0.2, 0.25) is 0 Å². The number of methoxy groups -OCH3 is 3. The molecule has 4 aromatic rings. The number of halogens is 2. The summed E-state index contributed by atoms with van der Waals surface area (Å²) in [4.78, 5) is 0. The number of nitrogens with zero attached hydrogens (tertiary/aromatic N) is 2. The molecule has 0 aliphatic carbocycles. The summed E-state index contributed by atoms with van der Waals surface area (Å²) in [5.41, 5.74) is 4.29. The van der Waals surface area contributed by atoms with Crippen molar-refractivity contribution in [3.05, 3.63) is 105 Å². The van der Waals surface area contributed by atoms with Crippen LogP contribution in [-0.2, 0) is 13.1 Å². The van der Waals surface area contributed by atoms with E-state index in [9.17, 15) is 5.11 Å². The van der Waals surface area contributed by atoms with Gasteiger partial charge in [-0.1, -0.05) is 37.9 Å². The van der Waals surface area contributed by atoms with E-state index in [1.807, 2.05) is 24.3 Å². The van der Waals surface area contributed by atoms with E-state index >= 15 is 0 Å². The molecule has 230 valence electrons. The van der Waals surface area contributed by atoms with Crippen molar-refractivity contribution in [2.24, 2.45) is 11.8 Å². The molecule has 2 bridgehead atoms. The van der Waals surface area contributed by atoms with Gasteiger partial charge in [0.15, 0.2) is 12.7 Å². The van der Waals surface area contributed by atoms with Gasteiger partial charge in [0.2, 0.25) is 5.52 Å². The summed E-state index contributed by atoms with van der Waals surface area (Å²) in [5.74, 6) is 3.40. The number of benzene rings is 3. The molecule has 1 N–H and O–H groups in total. The summed E-state index contributed by atoms with van der Waals surface area (Å²) < 4.78 is 21.9. The first-order valence-electron chi connectivity index (χ1n) is 15.1. The second-order valence-electron chi connectivity index (χ2n) is 12.2. The maximum Gasteiger partial charge on any atom is 0.213 e. The summed E-state index contributed by atoms with van der Waals surface area (Å²) >= 11 is 7.53. The molecular weight excluding hydrogens is 684 g/mol. The van der Waals surface area contributed by atoms with Crippen LogP contribution in [0.4, 0.5) is 0 Å². The van der Waals surface area contributed by atoms with Crippen LogP contribution in [0.15, 0.2) is 88.5 Å². The molecule has 1 unspecified atom stereocenters. The molecule has 44 heavy (non-hydrogen) atoms. The molecule has 3 fully saturated rings. The SMILES string of the molecule is C=C[C@H]1C[N@+]2(Cc3cc(OC)ccc3Br)CC[C@H]1C[C@@H]2C(O)c1cc[n+](Cc2cc(OC)ccc2Br)c2ccc(OC)cc12. The van der Waals surface area contributed by atoms with Crippen molar-refractivity contribution in [1.82, 2.24) is 0 Å². The average Bonchev–Trinajstić information content (AvgIpc) is 3.06. The zero-order chi connectivity index (χ0) is 31.0. The molecule has 3 aliphatic rings. The van der Waals surface area contributed by atoms with Crippen LogP contribution in [0.3, 0.4) is 0 Å². The summed E-state index contributed by atoms with van der Waals surface area (Å²) in [6.07, 6.45) is 5.69. The molecule has 3 saturated heterocycles. The number of quaternary nitrogens is 1. The number of aliphatic hydroxyl groups excluding tert-OH is 1. The fourth-order valence-electron chi connectivity index (χ4n) is 7.57. The Kier molecular flexibility index (Phi) is 9.07. The van der Waals surface area contributed by atoms with Gasteiger partial charge in [-0.05, 0) is 54.4 Å². The van der Waals surface area contributed by atoms with Crippen molar-refractivity contribution in [2.75, 3.05) is 34.4 Å².